The maximum absolute atomic E-state index is 11.2. The molecule has 2 rings (SSSR count). The number of aromatic nitrogens is 1. The van der Waals surface area contributed by atoms with Gasteiger partial charge in [0, 0.05) is 17.8 Å². The minimum atomic E-state index is -1.10. The van der Waals surface area contributed by atoms with Crippen LogP contribution in [0.5, 0.6) is 11.6 Å². The van der Waals surface area contributed by atoms with Crippen molar-refractivity contribution in [1.82, 2.24) is 4.98 Å². The van der Waals surface area contributed by atoms with Gasteiger partial charge in [0.2, 0.25) is 5.88 Å². The number of hydrogen-bond acceptors (Lipinski definition) is 4. The Hall–Kier alpha value is -1.92. The number of aromatic carboxylic acids is 1. The van der Waals surface area contributed by atoms with Crippen molar-refractivity contribution in [2.24, 2.45) is 0 Å². The Labute approximate surface area is 124 Å². The molecule has 0 fully saturated rings. The molecule has 5 nitrogen and oxygen atoms in total. The van der Waals surface area contributed by atoms with Gasteiger partial charge in [-0.1, -0.05) is 12.1 Å². The summed E-state index contributed by atoms with van der Waals surface area (Å²) in [6.45, 7) is 0.455. The first-order chi connectivity index (χ1) is 9.60. The smallest absolute Gasteiger partial charge is 0.341 e. The van der Waals surface area contributed by atoms with Crippen LogP contribution in [0.4, 0.5) is 0 Å². The second-order valence-corrected chi connectivity index (χ2v) is 4.91. The molecule has 0 radical (unpaired) electrons. The first-order valence-electron chi connectivity index (χ1n) is 5.74. The topological polar surface area (TPSA) is 68.7 Å². The van der Waals surface area contributed by atoms with Crippen molar-refractivity contribution in [3.05, 3.63) is 52.1 Å². The van der Waals surface area contributed by atoms with Crippen molar-refractivity contribution in [2.75, 3.05) is 7.11 Å². The maximum atomic E-state index is 11.2. The predicted octanol–water partition coefficient (Wildman–Crippen LogP) is 3.48. The van der Waals surface area contributed by atoms with Crippen molar-refractivity contribution >= 4 is 21.9 Å². The van der Waals surface area contributed by atoms with Crippen molar-refractivity contribution in [2.45, 2.75) is 6.61 Å². The average molecular weight is 338 g/mol. The number of methoxy groups -OCH3 is 1. The van der Waals surface area contributed by atoms with Crippen molar-refractivity contribution in [3.8, 4) is 11.6 Å². The van der Waals surface area contributed by atoms with E-state index in [-0.39, 0.29) is 11.4 Å². The Bertz CT molecular complexity index is 630. The van der Waals surface area contributed by atoms with Gasteiger partial charge in [-0.25, -0.2) is 9.78 Å². The number of pyridine rings is 1. The fraction of sp³-hybridized carbons (Fsp3) is 0.143. The molecule has 0 saturated heterocycles. The van der Waals surface area contributed by atoms with Gasteiger partial charge in [-0.2, -0.15) is 0 Å². The number of halogens is 1. The Morgan fingerprint density at radius 1 is 1.40 bits per heavy atom. The average Bonchev–Trinajstić information content (AvgIpc) is 2.41. The molecule has 0 spiro atoms. The monoisotopic (exact) mass is 337 g/mol. The molecule has 0 unspecified atom stereocenters. The van der Waals surface area contributed by atoms with Crippen LogP contribution in [-0.2, 0) is 11.3 Å². The molecule has 6 heteroatoms. The highest BCUT2D eigenvalue weighted by molar-refractivity contribution is 9.10. The molecule has 1 heterocycles. The summed E-state index contributed by atoms with van der Waals surface area (Å²) in [7, 11) is 1.60. The molecule has 0 saturated carbocycles. The normalized spacial score (nSPS) is 10.3. The van der Waals surface area contributed by atoms with Crippen LogP contribution in [0, 0.1) is 0 Å². The van der Waals surface area contributed by atoms with Gasteiger partial charge in [-0.15, -0.1) is 0 Å². The number of nitrogens with zero attached hydrogens (tertiary/aromatic N) is 1. The summed E-state index contributed by atoms with van der Waals surface area (Å²) < 4.78 is 11.2. The van der Waals surface area contributed by atoms with Crippen molar-refractivity contribution in [3.63, 3.8) is 0 Å². The summed E-state index contributed by atoms with van der Waals surface area (Å²) in [6.07, 6.45) is 1.49. The Kier molecular flexibility index (Phi) is 4.70. The van der Waals surface area contributed by atoms with E-state index in [2.05, 4.69) is 20.9 Å². The number of carboxylic acids is 1. The van der Waals surface area contributed by atoms with E-state index in [0.29, 0.717) is 16.8 Å². The molecule has 2 aromatic rings. The SMILES string of the molecule is COCc1cccc(Oc2ncc(Br)cc2C(=O)O)c1. The quantitative estimate of drug-likeness (QED) is 0.904. The zero-order valence-corrected chi connectivity index (χ0v) is 12.3. The minimum Gasteiger partial charge on any atom is -0.477 e. The first kappa shape index (κ1) is 14.5. The van der Waals surface area contributed by atoms with Crippen molar-refractivity contribution in [1.29, 1.82) is 0 Å². The van der Waals surface area contributed by atoms with E-state index in [4.69, 9.17) is 14.6 Å². The fourth-order valence-corrected chi connectivity index (χ4v) is 1.97. The van der Waals surface area contributed by atoms with Crippen molar-refractivity contribution < 1.29 is 19.4 Å². The van der Waals surface area contributed by atoms with Gasteiger partial charge in [0.1, 0.15) is 11.3 Å². The van der Waals surface area contributed by atoms with Crippen LogP contribution < -0.4 is 4.74 Å². The van der Waals surface area contributed by atoms with E-state index in [0.717, 1.165) is 5.56 Å². The zero-order chi connectivity index (χ0) is 14.5. The Morgan fingerprint density at radius 2 is 2.20 bits per heavy atom. The lowest BCUT2D eigenvalue weighted by atomic mass is 10.2. The zero-order valence-electron chi connectivity index (χ0n) is 10.7. The summed E-state index contributed by atoms with van der Waals surface area (Å²) in [6, 6.07) is 8.66. The van der Waals surface area contributed by atoms with Crippen LogP contribution >= 0.6 is 15.9 Å². The lowest BCUT2D eigenvalue weighted by molar-refractivity contribution is 0.0693. The molecule has 1 aromatic carbocycles. The van der Waals surface area contributed by atoms with E-state index >= 15 is 0 Å². The second kappa shape index (κ2) is 6.49. The van der Waals surface area contributed by atoms with Crippen LogP contribution in [-0.4, -0.2) is 23.2 Å². The molecule has 0 bridgehead atoms. The summed E-state index contributed by atoms with van der Waals surface area (Å²) in [5.41, 5.74) is 0.926. The van der Waals surface area contributed by atoms with Gasteiger partial charge >= 0.3 is 5.97 Å². The molecular weight excluding hydrogens is 326 g/mol. The fourth-order valence-electron chi connectivity index (χ4n) is 1.64. The van der Waals surface area contributed by atoms with Crippen LogP contribution in [0.2, 0.25) is 0 Å². The predicted molar refractivity (Wildman–Crippen MR) is 76.1 cm³/mol. The summed E-state index contributed by atoms with van der Waals surface area (Å²) in [4.78, 5) is 15.2. The maximum Gasteiger partial charge on any atom is 0.341 e. The third kappa shape index (κ3) is 3.55. The molecule has 0 amide bonds. The summed E-state index contributed by atoms with van der Waals surface area (Å²) in [5.74, 6) is -0.533. The van der Waals surface area contributed by atoms with E-state index in [1.165, 1.54) is 12.3 Å². The highest BCUT2D eigenvalue weighted by Gasteiger charge is 2.14. The highest BCUT2D eigenvalue weighted by atomic mass is 79.9. The number of carboxylic acid groups (broad SMARTS) is 1. The summed E-state index contributed by atoms with van der Waals surface area (Å²) >= 11 is 3.18. The van der Waals surface area contributed by atoms with Gasteiger partial charge in [0.05, 0.1) is 6.61 Å². The first-order valence-corrected chi connectivity index (χ1v) is 6.54. The van der Waals surface area contributed by atoms with E-state index in [1.807, 2.05) is 12.1 Å². The lowest BCUT2D eigenvalue weighted by Crippen LogP contribution is -2.02. The molecule has 0 aliphatic rings. The molecule has 20 heavy (non-hydrogen) atoms. The third-order valence-corrected chi connectivity index (χ3v) is 2.91. The molecule has 104 valence electrons. The lowest BCUT2D eigenvalue weighted by Gasteiger charge is -2.09. The number of hydrogen-bond donors (Lipinski definition) is 1. The number of benzene rings is 1. The van der Waals surface area contributed by atoms with E-state index in [1.54, 1.807) is 19.2 Å². The van der Waals surface area contributed by atoms with Crippen LogP contribution in [0.15, 0.2) is 41.0 Å². The van der Waals surface area contributed by atoms with Gasteiger partial charge in [-0.05, 0) is 39.7 Å². The van der Waals surface area contributed by atoms with Crippen LogP contribution in [0.25, 0.3) is 0 Å². The van der Waals surface area contributed by atoms with E-state index in [9.17, 15) is 4.79 Å². The van der Waals surface area contributed by atoms with Gasteiger partial charge in [0.25, 0.3) is 0 Å². The third-order valence-electron chi connectivity index (χ3n) is 2.47. The standard InChI is InChI=1S/C14H12BrNO4/c1-19-8-9-3-2-4-11(5-9)20-13-12(14(17)18)6-10(15)7-16-13/h2-7H,8H2,1H3,(H,17,18). The molecule has 1 N–H and O–H groups in total. The molecule has 0 atom stereocenters. The van der Waals surface area contributed by atoms with Crippen LogP contribution in [0.3, 0.4) is 0 Å². The second-order valence-electron chi connectivity index (χ2n) is 3.99. The Balaban J connectivity index is 2.30. The largest absolute Gasteiger partial charge is 0.477 e. The highest BCUT2D eigenvalue weighted by Crippen LogP contribution is 2.26. The molecule has 0 aliphatic heterocycles. The van der Waals surface area contributed by atoms with Crippen LogP contribution in [0.1, 0.15) is 15.9 Å². The van der Waals surface area contributed by atoms with E-state index < -0.39 is 5.97 Å². The molecule has 0 aliphatic carbocycles. The van der Waals surface area contributed by atoms with Gasteiger partial charge in [-0.3, -0.25) is 0 Å². The number of rotatable bonds is 5. The molecule has 1 aromatic heterocycles. The minimum absolute atomic E-state index is 0.00322. The number of ether oxygens (including phenoxy) is 2. The molecular formula is C14H12BrNO4. The van der Waals surface area contributed by atoms with Gasteiger partial charge < -0.3 is 14.6 Å². The number of carbonyl (C=O) groups is 1. The summed E-state index contributed by atoms with van der Waals surface area (Å²) in [5, 5.41) is 9.15. The van der Waals surface area contributed by atoms with Gasteiger partial charge in [0.15, 0.2) is 0 Å². The Morgan fingerprint density at radius 3 is 2.90 bits per heavy atom.